The number of hydrogen-bond donors (Lipinski definition) is 2. The molecule has 2 rings (SSSR count). The zero-order valence-electron chi connectivity index (χ0n) is 10.0. The van der Waals surface area contributed by atoms with Crippen LogP contribution in [0.3, 0.4) is 0 Å². The van der Waals surface area contributed by atoms with Gasteiger partial charge in [-0.25, -0.2) is 0 Å². The fourth-order valence-corrected chi connectivity index (χ4v) is 2.58. The van der Waals surface area contributed by atoms with Crippen molar-refractivity contribution in [3.05, 3.63) is 0 Å². The first-order valence-corrected chi connectivity index (χ1v) is 6.20. The van der Waals surface area contributed by atoms with Gasteiger partial charge >= 0.3 is 5.97 Å². The molecule has 2 fully saturated rings. The topological polar surface area (TPSA) is 77.8 Å². The summed E-state index contributed by atoms with van der Waals surface area (Å²) in [5.74, 6) is -1.36. The SMILES string of the molecule is CC(O)C1CCN(C(=O)C2CC2C(=O)O)CC1. The molecule has 17 heavy (non-hydrogen) atoms. The minimum absolute atomic E-state index is 0.0126. The number of carboxylic acids is 1. The summed E-state index contributed by atoms with van der Waals surface area (Å²) in [4.78, 5) is 24.4. The van der Waals surface area contributed by atoms with Crippen LogP contribution >= 0.6 is 0 Å². The van der Waals surface area contributed by atoms with Crippen LogP contribution in [-0.4, -0.2) is 46.2 Å². The van der Waals surface area contributed by atoms with Gasteiger partial charge in [-0.2, -0.15) is 0 Å². The lowest BCUT2D eigenvalue weighted by atomic mass is 9.92. The van der Waals surface area contributed by atoms with E-state index in [1.54, 1.807) is 11.8 Å². The predicted molar refractivity (Wildman–Crippen MR) is 60.2 cm³/mol. The average Bonchev–Trinajstić information content (AvgIpc) is 3.08. The molecule has 5 heteroatoms. The van der Waals surface area contributed by atoms with Crippen LogP contribution in [-0.2, 0) is 9.59 Å². The van der Waals surface area contributed by atoms with Crippen LogP contribution in [0, 0.1) is 17.8 Å². The molecule has 0 aromatic rings. The molecule has 1 heterocycles. The Morgan fingerprint density at radius 3 is 2.24 bits per heavy atom. The molecule has 1 saturated carbocycles. The van der Waals surface area contributed by atoms with Crippen molar-refractivity contribution in [2.75, 3.05) is 13.1 Å². The Morgan fingerprint density at radius 1 is 1.24 bits per heavy atom. The third-order valence-corrected chi connectivity index (χ3v) is 3.96. The van der Waals surface area contributed by atoms with Gasteiger partial charge in [-0.15, -0.1) is 0 Å². The van der Waals surface area contributed by atoms with E-state index in [2.05, 4.69) is 0 Å². The maximum Gasteiger partial charge on any atom is 0.307 e. The van der Waals surface area contributed by atoms with E-state index in [0.717, 1.165) is 12.8 Å². The fourth-order valence-electron chi connectivity index (χ4n) is 2.58. The quantitative estimate of drug-likeness (QED) is 0.746. The van der Waals surface area contributed by atoms with Crippen molar-refractivity contribution in [2.45, 2.75) is 32.3 Å². The Labute approximate surface area is 100 Å². The number of piperidine rings is 1. The summed E-state index contributed by atoms with van der Waals surface area (Å²) in [6, 6.07) is 0. The van der Waals surface area contributed by atoms with Crippen LogP contribution in [0.2, 0.25) is 0 Å². The third kappa shape index (κ3) is 2.60. The summed E-state index contributed by atoms with van der Waals surface area (Å²) < 4.78 is 0. The minimum atomic E-state index is -0.859. The number of carboxylic acid groups (broad SMARTS) is 1. The lowest BCUT2D eigenvalue weighted by Gasteiger charge is -2.33. The maximum absolute atomic E-state index is 12.0. The van der Waals surface area contributed by atoms with E-state index in [1.807, 2.05) is 0 Å². The predicted octanol–water partition coefficient (Wildman–Crippen LogP) is 0.326. The van der Waals surface area contributed by atoms with Crippen LogP contribution in [0.25, 0.3) is 0 Å². The number of aliphatic carboxylic acids is 1. The van der Waals surface area contributed by atoms with E-state index in [1.165, 1.54) is 0 Å². The standard InChI is InChI=1S/C12H19NO4/c1-7(14)8-2-4-13(5-3-8)11(15)9-6-10(9)12(16)17/h7-10,14H,2-6H2,1H3,(H,16,17). The van der Waals surface area contributed by atoms with E-state index >= 15 is 0 Å². The Balaban J connectivity index is 1.82. The highest BCUT2D eigenvalue weighted by Crippen LogP contribution is 2.40. The molecule has 1 aliphatic carbocycles. The average molecular weight is 241 g/mol. The summed E-state index contributed by atoms with van der Waals surface area (Å²) in [5, 5.41) is 18.2. The van der Waals surface area contributed by atoms with Crippen molar-refractivity contribution in [3.8, 4) is 0 Å². The molecular formula is C12H19NO4. The highest BCUT2D eigenvalue weighted by Gasteiger charge is 2.50. The van der Waals surface area contributed by atoms with E-state index in [9.17, 15) is 14.7 Å². The van der Waals surface area contributed by atoms with E-state index < -0.39 is 11.9 Å². The number of carbonyl (C=O) groups is 2. The Bertz CT molecular complexity index is 320. The van der Waals surface area contributed by atoms with Gasteiger partial charge in [0.05, 0.1) is 17.9 Å². The number of aliphatic hydroxyl groups excluding tert-OH is 1. The number of rotatable bonds is 3. The molecule has 3 atom stereocenters. The molecule has 1 saturated heterocycles. The molecule has 2 N–H and O–H groups in total. The molecule has 0 aromatic carbocycles. The zero-order valence-corrected chi connectivity index (χ0v) is 10.0. The van der Waals surface area contributed by atoms with Gasteiger partial charge in [0, 0.05) is 13.1 Å². The first-order chi connectivity index (χ1) is 8.00. The van der Waals surface area contributed by atoms with Crippen molar-refractivity contribution in [2.24, 2.45) is 17.8 Å². The molecule has 1 amide bonds. The lowest BCUT2D eigenvalue weighted by molar-refractivity contribution is -0.142. The zero-order chi connectivity index (χ0) is 12.6. The molecule has 3 unspecified atom stereocenters. The largest absolute Gasteiger partial charge is 0.481 e. The van der Waals surface area contributed by atoms with Crippen molar-refractivity contribution < 1.29 is 19.8 Å². The molecule has 0 spiro atoms. The molecule has 0 radical (unpaired) electrons. The van der Waals surface area contributed by atoms with Gasteiger partial charge in [0.15, 0.2) is 0 Å². The second kappa shape index (κ2) is 4.64. The summed E-state index contributed by atoms with van der Waals surface area (Å²) >= 11 is 0. The Kier molecular flexibility index (Phi) is 3.38. The number of carbonyl (C=O) groups excluding carboxylic acids is 1. The second-order valence-electron chi connectivity index (χ2n) is 5.19. The van der Waals surface area contributed by atoms with Gasteiger partial charge in [0.2, 0.25) is 5.91 Å². The van der Waals surface area contributed by atoms with E-state index in [-0.39, 0.29) is 23.8 Å². The summed E-state index contributed by atoms with van der Waals surface area (Å²) in [7, 11) is 0. The Morgan fingerprint density at radius 2 is 1.82 bits per heavy atom. The smallest absolute Gasteiger partial charge is 0.307 e. The van der Waals surface area contributed by atoms with Crippen molar-refractivity contribution in [1.29, 1.82) is 0 Å². The van der Waals surface area contributed by atoms with Crippen molar-refractivity contribution in [3.63, 3.8) is 0 Å². The Hall–Kier alpha value is -1.10. The molecule has 0 bridgehead atoms. The lowest BCUT2D eigenvalue weighted by Crippen LogP contribution is -2.41. The number of likely N-dealkylation sites (tertiary alicyclic amines) is 1. The molecular weight excluding hydrogens is 222 g/mol. The highest BCUT2D eigenvalue weighted by atomic mass is 16.4. The van der Waals surface area contributed by atoms with Crippen molar-refractivity contribution in [1.82, 2.24) is 4.90 Å². The van der Waals surface area contributed by atoms with Gasteiger partial charge in [-0.3, -0.25) is 9.59 Å². The molecule has 1 aliphatic heterocycles. The summed E-state index contributed by atoms with van der Waals surface area (Å²) in [5.41, 5.74) is 0. The van der Waals surface area contributed by atoms with Gasteiger partial charge < -0.3 is 15.1 Å². The fraction of sp³-hybridized carbons (Fsp3) is 0.833. The monoisotopic (exact) mass is 241 g/mol. The van der Waals surface area contributed by atoms with Gasteiger partial charge in [-0.1, -0.05) is 0 Å². The third-order valence-electron chi connectivity index (χ3n) is 3.96. The minimum Gasteiger partial charge on any atom is -0.481 e. The van der Waals surface area contributed by atoms with Gasteiger partial charge in [0.1, 0.15) is 0 Å². The number of aliphatic hydroxyl groups is 1. The van der Waals surface area contributed by atoms with Gasteiger partial charge in [0.25, 0.3) is 0 Å². The molecule has 2 aliphatic rings. The van der Waals surface area contributed by atoms with Crippen LogP contribution in [0.5, 0.6) is 0 Å². The normalized spacial score (nSPS) is 31.1. The summed E-state index contributed by atoms with van der Waals surface area (Å²) in [6.45, 7) is 3.08. The van der Waals surface area contributed by atoms with Gasteiger partial charge in [-0.05, 0) is 32.1 Å². The molecule has 96 valence electrons. The van der Waals surface area contributed by atoms with Crippen LogP contribution in [0.4, 0.5) is 0 Å². The highest BCUT2D eigenvalue weighted by molar-refractivity contribution is 5.89. The maximum atomic E-state index is 12.0. The van der Waals surface area contributed by atoms with Crippen LogP contribution in [0.15, 0.2) is 0 Å². The first-order valence-electron chi connectivity index (χ1n) is 6.20. The summed E-state index contributed by atoms with van der Waals surface area (Å²) in [6.07, 6.45) is 1.80. The first kappa shape index (κ1) is 12.4. The second-order valence-corrected chi connectivity index (χ2v) is 5.19. The van der Waals surface area contributed by atoms with Crippen LogP contribution < -0.4 is 0 Å². The van der Waals surface area contributed by atoms with Crippen LogP contribution in [0.1, 0.15) is 26.2 Å². The number of nitrogens with zero attached hydrogens (tertiary/aromatic N) is 1. The van der Waals surface area contributed by atoms with Crippen molar-refractivity contribution >= 4 is 11.9 Å². The number of hydrogen-bond acceptors (Lipinski definition) is 3. The van der Waals surface area contributed by atoms with E-state index in [0.29, 0.717) is 19.5 Å². The number of amides is 1. The van der Waals surface area contributed by atoms with E-state index in [4.69, 9.17) is 5.11 Å². The molecule has 0 aromatic heterocycles. The molecule has 5 nitrogen and oxygen atoms in total.